The van der Waals surface area contributed by atoms with Crippen LogP contribution in [0.4, 0.5) is 0 Å². The first-order valence-corrected chi connectivity index (χ1v) is 10.2. The molecule has 162 valence electrons. The number of nitrogens with zero attached hydrogens (tertiary/aromatic N) is 1. The number of rotatable bonds is 7. The molecule has 0 saturated carbocycles. The molecular weight excluding hydrogens is 402 g/mol. The van der Waals surface area contributed by atoms with E-state index in [0.29, 0.717) is 0 Å². The number of esters is 2. The van der Waals surface area contributed by atoms with Gasteiger partial charge in [-0.15, -0.1) is 11.8 Å². The van der Waals surface area contributed by atoms with Crippen LogP contribution in [0.15, 0.2) is 21.9 Å². The van der Waals surface area contributed by atoms with Gasteiger partial charge in [0.1, 0.15) is 30.2 Å². The topological polar surface area (TPSA) is 154 Å². The predicted molar refractivity (Wildman–Crippen MR) is 106 cm³/mol. The monoisotopic (exact) mass is 429 g/mol. The van der Waals surface area contributed by atoms with Gasteiger partial charge in [0.15, 0.2) is 0 Å². The number of thioether (sulfide) groups is 1. The van der Waals surface area contributed by atoms with E-state index >= 15 is 0 Å². The van der Waals surface area contributed by atoms with Gasteiger partial charge in [-0.25, -0.2) is 4.79 Å². The molecule has 0 spiro atoms. The van der Waals surface area contributed by atoms with Crippen LogP contribution in [0.5, 0.6) is 0 Å². The molecule has 29 heavy (non-hydrogen) atoms. The SMILES string of the molecule is CC(C)C(=O)OC[C@H]1S[C@@H](n2ccc(=O)[nH]c2=O)C(O)C1OC(=O)[C@@H](N)C(C)C. The van der Waals surface area contributed by atoms with E-state index in [1.54, 1.807) is 27.7 Å². The lowest BCUT2D eigenvalue weighted by Crippen LogP contribution is -2.45. The van der Waals surface area contributed by atoms with E-state index in [-0.39, 0.29) is 18.4 Å². The number of aliphatic hydroxyl groups is 1. The molecule has 2 rings (SSSR count). The number of aliphatic hydroxyl groups excluding tert-OH is 1. The molecule has 2 unspecified atom stereocenters. The molecule has 10 nitrogen and oxygen atoms in total. The normalized spacial score (nSPS) is 25.2. The fraction of sp³-hybridized carbons (Fsp3) is 0.667. The Kier molecular flexibility index (Phi) is 7.66. The summed E-state index contributed by atoms with van der Waals surface area (Å²) in [5.41, 5.74) is 4.55. The molecule has 4 N–H and O–H groups in total. The van der Waals surface area contributed by atoms with Crippen molar-refractivity contribution in [2.75, 3.05) is 6.61 Å². The molecule has 1 aromatic heterocycles. The van der Waals surface area contributed by atoms with Crippen LogP contribution in [0.1, 0.15) is 33.1 Å². The quantitative estimate of drug-likeness (QED) is 0.491. The lowest BCUT2D eigenvalue weighted by molar-refractivity contribution is -0.159. The van der Waals surface area contributed by atoms with E-state index in [2.05, 4.69) is 4.98 Å². The number of H-pyrrole nitrogens is 1. The maximum Gasteiger partial charge on any atom is 0.329 e. The number of ether oxygens (including phenoxy) is 2. The van der Waals surface area contributed by atoms with Gasteiger partial charge >= 0.3 is 17.6 Å². The third-order valence-corrected chi connectivity index (χ3v) is 6.08. The van der Waals surface area contributed by atoms with Crippen LogP contribution in [0.3, 0.4) is 0 Å². The Bertz CT molecular complexity index is 850. The molecule has 2 heterocycles. The molecule has 1 aromatic rings. The van der Waals surface area contributed by atoms with Crippen molar-refractivity contribution in [3.05, 3.63) is 33.1 Å². The number of hydrogen-bond acceptors (Lipinski definition) is 9. The number of nitrogens with one attached hydrogen (secondary N) is 1. The summed E-state index contributed by atoms with van der Waals surface area (Å²) in [6.07, 6.45) is -1.08. The van der Waals surface area contributed by atoms with Gasteiger partial charge in [0.2, 0.25) is 0 Å². The number of nitrogens with two attached hydrogens (primary N) is 1. The Morgan fingerprint density at radius 1 is 1.28 bits per heavy atom. The summed E-state index contributed by atoms with van der Waals surface area (Å²) in [5, 5.41) is 9.30. The zero-order valence-electron chi connectivity index (χ0n) is 16.7. The van der Waals surface area contributed by atoms with Crippen molar-refractivity contribution in [2.24, 2.45) is 17.6 Å². The van der Waals surface area contributed by atoms with Crippen LogP contribution in [0.2, 0.25) is 0 Å². The van der Waals surface area contributed by atoms with Gasteiger partial charge in [-0.05, 0) is 5.92 Å². The highest BCUT2D eigenvalue weighted by atomic mass is 32.2. The molecule has 5 atom stereocenters. The fourth-order valence-corrected chi connectivity index (χ4v) is 4.16. The van der Waals surface area contributed by atoms with Gasteiger partial charge in [0.05, 0.1) is 11.2 Å². The van der Waals surface area contributed by atoms with E-state index < -0.39 is 52.1 Å². The largest absolute Gasteiger partial charge is 0.464 e. The smallest absolute Gasteiger partial charge is 0.329 e. The van der Waals surface area contributed by atoms with E-state index in [4.69, 9.17) is 15.2 Å². The first-order chi connectivity index (χ1) is 13.5. The Hall–Kier alpha value is -2.11. The average molecular weight is 429 g/mol. The molecular formula is C18H27N3O7S. The van der Waals surface area contributed by atoms with Crippen molar-refractivity contribution in [3.8, 4) is 0 Å². The molecule has 1 saturated heterocycles. The Balaban J connectivity index is 2.27. The summed E-state index contributed by atoms with van der Waals surface area (Å²) in [6.45, 7) is 6.76. The molecule has 1 aliphatic rings. The van der Waals surface area contributed by atoms with Gasteiger partial charge in [-0.2, -0.15) is 0 Å². The minimum absolute atomic E-state index is 0.123. The van der Waals surface area contributed by atoms with E-state index in [0.717, 1.165) is 22.4 Å². The summed E-state index contributed by atoms with van der Waals surface area (Å²) in [5.74, 6) is -1.66. The van der Waals surface area contributed by atoms with Crippen LogP contribution in [0, 0.1) is 11.8 Å². The summed E-state index contributed by atoms with van der Waals surface area (Å²) in [7, 11) is 0. The Morgan fingerprint density at radius 2 is 1.93 bits per heavy atom. The van der Waals surface area contributed by atoms with Crippen molar-refractivity contribution in [1.29, 1.82) is 0 Å². The van der Waals surface area contributed by atoms with E-state index in [1.165, 1.54) is 6.20 Å². The highest BCUT2D eigenvalue weighted by molar-refractivity contribution is 8.00. The first kappa shape index (κ1) is 23.2. The zero-order chi connectivity index (χ0) is 21.9. The Morgan fingerprint density at radius 3 is 2.48 bits per heavy atom. The predicted octanol–water partition coefficient (Wildman–Crippen LogP) is -0.394. The van der Waals surface area contributed by atoms with Crippen LogP contribution < -0.4 is 17.0 Å². The maximum absolute atomic E-state index is 12.3. The fourth-order valence-electron chi connectivity index (χ4n) is 2.67. The summed E-state index contributed by atoms with van der Waals surface area (Å²) in [4.78, 5) is 49.7. The molecule has 11 heteroatoms. The first-order valence-electron chi connectivity index (χ1n) is 9.30. The highest BCUT2D eigenvalue weighted by Gasteiger charge is 2.48. The molecule has 1 fully saturated rings. The number of carbonyl (C=O) groups is 2. The van der Waals surface area contributed by atoms with E-state index in [1.807, 2.05) is 0 Å². The van der Waals surface area contributed by atoms with Crippen molar-refractivity contribution in [1.82, 2.24) is 9.55 Å². The molecule has 0 bridgehead atoms. The van der Waals surface area contributed by atoms with Gasteiger partial charge < -0.3 is 20.3 Å². The maximum atomic E-state index is 12.3. The van der Waals surface area contributed by atoms with Crippen LogP contribution in [0.25, 0.3) is 0 Å². The minimum atomic E-state index is -1.28. The average Bonchev–Trinajstić information content (AvgIpc) is 2.94. The lowest BCUT2D eigenvalue weighted by atomic mass is 10.1. The van der Waals surface area contributed by atoms with Gasteiger partial charge in [0, 0.05) is 12.3 Å². The standard InChI is InChI=1S/C18H27N3O7S/c1-8(2)12(19)17(25)28-14-10(7-27-16(24)9(3)4)29-15(13(14)23)21-6-5-11(22)20-18(21)26/h5-6,8-10,12-15,23H,7,19H2,1-4H3,(H,20,22,26)/t10-,12+,13?,14?,15-/m1/s1. The minimum Gasteiger partial charge on any atom is -0.464 e. The van der Waals surface area contributed by atoms with Crippen LogP contribution in [-0.4, -0.2) is 56.7 Å². The molecule has 0 aromatic carbocycles. The van der Waals surface area contributed by atoms with E-state index in [9.17, 15) is 24.3 Å². The summed E-state index contributed by atoms with van der Waals surface area (Å²) in [6, 6.07) is 0.261. The Labute approximate surface area is 171 Å². The molecule has 0 amide bonds. The van der Waals surface area contributed by atoms with Crippen LogP contribution in [-0.2, 0) is 19.1 Å². The number of hydrogen-bond donors (Lipinski definition) is 3. The third-order valence-electron chi connectivity index (χ3n) is 4.54. The second kappa shape index (κ2) is 9.59. The number of aromatic amines is 1. The lowest BCUT2D eigenvalue weighted by Gasteiger charge is -2.24. The molecule has 0 radical (unpaired) electrons. The second-order valence-electron chi connectivity index (χ2n) is 7.53. The number of aromatic nitrogens is 2. The van der Waals surface area contributed by atoms with Crippen molar-refractivity contribution in [3.63, 3.8) is 0 Å². The van der Waals surface area contributed by atoms with Gasteiger partial charge in [-0.1, -0.05) is 27.7 Å². The molecule has 1 aliphatic heterocycles. The molecule has 0 aliphatic carbocycles. The number of carbonyl (C=O) groups excluding carboxylic acids is 2. The van der Waals surface area contributed by atoms with Gasteiger partial charge in [-0.3, -0.25) is 23.9 Å². The zero-order valence-corrected chi connectivity index (χ0v) is 17.5. The summed E-state index contributed by atoms with van der Waals surface area (Å²) >= 11 is 1.11. The summed E-state index contributed by atoms with van der Waals surface area (Å²) < 4.78 is 11.8. The van der Waals surface area contributed by atoms with Crippen molar-refractivity contribution in [2.45, 2.75) is 56.6 Å². The third kappa shape index (κ3) is 5.49. The van der Waals surface area contributed by atoms with Crippen LogP contribution >= 0.6 is 11.8 Å². The van der Waals surface area contributed by atoms with Crippen molar-refractivity contribution < 1.29 is 24.2 Å². The van der Waals surface area contributed by atoms with Gasteiger partial charge in [0.25, 0.3) is 5.56 Å². The van der Waals surface area contributed by atoms with Crippen molar-refractivity contribution >= 4 is 23.7 Å². The second-order valence-corrected chi connectivity index (χ2v) is 8.89. The highest BCUT2D eigenvalue weighted by Crippen LogP contribution is 2.43.